The maximum atomic E-state index is 5.97. The lowest BCUT2D eigenvalue weighted by Crippen LogP contribution is -2.12. The van der Waals surface area contributed by atoms with Crippen LogP contribution in [-0.2, 0) is 24.3 Å². The zero-order valence-electron chi connectivity index (χ0n) is 12.8. The largest absolute Gasteiger partial charge is 0.459 e. The van der Waals surface area contributed by atoms with Gasteiger partial charge < -0.3 is 14.5 Å². The van der Waals surface area contributed by atoms with Crippen molar-refractivity contribution in [1.82, 2.24) is 5.32 Å². The van der Waals surface area contributed by atoms with E-state index in [1.807, 2.05) is 0 Å². The molecule has 0 aliphatic heterocycles. The van der Waals surface area contributed by atoms with Crippen LogP contribution in [-0.4, -0.2) is 13.7 Å². The van der Waals surface area contributed by atoms with Gasteiger partial charge in [-0.1, -0.05) is 26.3 Å². The number of aryl methyl sites for hydroxylation is 1. The molecule has 20 heavy (non-hydrogen) atoms. The molecule has 0 aliphatic carbocycles. The van der Waals surface area contributed by atoms with Crippen LogP contribution in [0.15, 0.2) is 22.6 Å². The number of fused-ring (bicyclic) bond motifs is 1. The summed E-state index contributed by atoms with van der Waals surface area (Å²) in [5.74, 6) is 0.997. The molecule has 0 atom stereocenters. The summed E-state index contributed by atoms with van der Waals surface area (Å²) in [6.45, 7) is 6.62. The van der Waals surface area contributed by atoms with Gasteiger partial charge in [-0.3, -0.25) is 0 Å². The third kappa shape index (κ3) is 3.41. The van der Waals surface area contributed by atoms with Gasteiger partial charge in [0, 0.05) is 18.1 Å². The molecule has 3 nitrogen and oxygen atoms in total. The van der Waals surface area contributed by atoms with Gasteiger partial charge in [-0.2, -0.15) is 0 Å². The minimum absolute atomic E-state index is 0.602. The normalized spacial score (nSPS) is 11.3. The summed E-state index contributed by atoms with van der Waals surface area (Å²) < 4.78 is 11.3. The number of methoxy groups -OCH3 is 1. The average Bonchev–Trinajstić information content (AvgIpc) is 2.81. The standard InChI is InChI=1S/C17H25NO2/c1-4-6-7-13-8-9-16-14(10-13)15(12-19-3)17(20-16)11-18-5-2/h8-10,18H,4-7,11-12H2,1-3H3. The number of hydrogen-bond donors (Lipinski definition) is 1. The Morgan fingerprint density at radius 2 is 2.10 bits per heavy atom. The lowest BCUT2D eigenvalue weighted by atomic mass is 10.0. The third-order valence-electron chi connectivity index (χ3n) is 3.58. The topological polar surface area (TPSA) is 34.4 Å². The molecule has 0 fully saturated rings. The van der Waals surface area contributed by atoms with Crippen LogP contribution in [0.1, 0.15) is 43.6 Å². The quantitative estimate of drug-likeness (QED) is 0.789. The van der Waals surface area contributed by atoms with Gasteiger partial charge in [0.05, 0.1) is 13.2 Å². The second kappa shape index (κ2) is 7.46. The van der Waals surface area contributed by atoms with Crippen molar-refractivity contribution in [2.75, 3.05) is 13.7 Å². The van der Waals surface area contributed by atoms with Crippen molar-refractivity contribution in [2.24, 2.45) is 0 Å². The fourth-order valence-electron chi connectivity index (χ4n) is 2.47. The molecule has 0 radical (unpaired) electrons. The van der Waals surface area contributed by atoms with Crippen molar-refractivity contribution in [2.45, 2.75) is 46.3 Å². The number of ether oxygens (including phenoxy) is 1. The van der Waals surface area contributed by atoms with Crippen LogP contribution in [0, 0.1) is 0 Å². The molecule has 0 saturated heterocycles. The lowest BCUT2D eigenvalue weighted by molar-refractivity contribution is 0.183. The second-order valence-corrected chi connectivity index (χ2v) is 5.15. The van der Waals surface area contributed by atoms with Crippen LogP contribution in [0.2, 0.25) is 0 Å². The second-order valence-electron chi connectivity index (χ2n) is 5.15. The highest BCUT2D eigenvalue weighted by Gasteiger charge is 2.14. The van der Waals surface area contributed by atoms with Crippen LogP contribution < -0.4 is 5.32 Å². The maximum absolute atomic E-state index is 5.97. The summed E-state index contributed by atoms with van der Waals surface area (Å²) in [5, 5.41) is 4.53. The summed E-state index contributed by atoms with van der Waals surface area (Å²) in [5.41, 5.74) is 3.53. The third-order valence-corrected chi connectivity index (χ3v) is 3.58. The lowest BCUT2D eigenvalue weighted by Gasteiger charge is -2.03. The van der Waals surface area contributed by atoms with E-state index in [4.69, 9.17) is 9.15 Å². The first-order valence-corrected chi connectivity index (χ1v) is 7.53. The minimum atomic E-state index is 0.602. The minimum Gasteiger partial charge on any atom is -0.459 e. The van der Waals surface area contributed by atoms with Crippen LogP contribution in [0.4, 0.5) is 0 Å². The average molecular weight is 275 g/mol. The van der Waals surface area contributed by atoms with Gasteiger partial charge in [0.2, 0.25) is 0 Å². The number of nitrogens with one attached hydrogen (secondary N) is 1. The van der Waals surface area contributed by atoms with E-state index in [0.29, 0.717) is 6.61 Å². The van der Waals surface area contributed by atoms with Gasteiger partial charge in [0.25, 0.3) is 0 Å². The van der Waals surface area contributed by atoms with E-state index in [1.54, 1.807) is 7.11 Å². The molecule has 1 aromatic carbocycles. The fourth-order valence-corrected chi connectivity index (χ4v) is 2.47. The van der Waals surface area contributed by atoms with E-state index in [0.717, 1.165) is 30.9 Å². The number of unbranched alkanes of at least 4 members (excludes halogenated alkanes) is 1. The Hall–Kier alpha value is -1.32. The number of rotatable bonds is 8. The Bertz CT molecular complexity index is 545. The monoisotopic (exact) mass is 275 g/mol. The van der Waals surface area contributed by atoms with Crippen LogP contribution in [0.25, 0.3) is 11.0 Å². The summed E-state index contributed by atoms with van der Waals surface area (Å²) in [7, 11) is 1.73. The van der Waals surface area contributed by atoms with Crippen molar-refractivity contribution in [3.63, 3.8) is 0 Å². The zero-order chi connectivity index (χ0) is 14.4. The molecule has 110 valence electrons. The molecule has 2 rings (SSSR count). The molecule has 1 aromatic heterocycles. The highest BCUT2D eigenvalue weighted by atomic mass is 16.5. The smallest absolute Gasteiger partial charge is 0.134 e. The Morgan fingerprint density at radius 1 is 1.25 bits per heavy atom. The van der Waals surface area contributed by atoms with Crippen molar-refractivity contribution in [3.8, 4) is 0 Å². The van der Waals surface area contributed by atoms with Gasteiger partial charge in [-0.15, -0.1) is 0 Å². The molecular formula is C17H25NO2. The molecule has 2 aromatic rings. The molecular weight excluding hydrogens is 250 g/mol. The van der Waals surface area contributed by atoms with E-state index in [1.165, 1.54) is 29.4 Å². The number of benzene rings is 1. The molecule has 0 bridgehead atoms. The molecule has 0 aliphatic rings. The molecule has 0 spiro atoms. The first kappa shape index (κ1) is 15.1. The highest BCUT2D eigenvalue weighted by molar-refractivity contribution is 5.83. The first-order valence-electron chi connectivity index (χ1n) is 7.53. The van der Waals surface area contributed by atoms with E-state index < -0.39 is 0 Å². The zero-order valence-corrected chi connectivity index (χ0v) is 12.8. The maximum Gasteiger partial charge on any atom is 0.134 e. The van der Waals surface area contributed by atoms with Gasteiger partial charge >= 0.3 is 0 Å². The summed E-state index contributed by atoms with van der Waals surface area (Å²) in [6.07, 6.45) is 3.58. The van der Waals surface area contributed by atoms with E-state index in [2.05, 4.69) is 37.4 Å². The highest BCUT2D eigenvalue weighted by Crippen LogP contribution is 2.28. The fraction of sp³-hybridized carbons (Fsp3) is 0.529. The number of furan rings is 1. The van der Waals surface area contributed by atoms with Gasteiger partial charge in [0.1, 0.15) is 11.3 Å². The number of hydrogen-bond acceptors (Lipinski definition) is 3. The molecule has 0 saturated carbocycles. The Labute approximate surface area is 121 Å². The van der Waals surface area contributed by atoms with Crippen molar-refractivity contribution in [1.29, 1.82) is 0 Å². The molecule has 0 amide bonds. The van der Waals surface area contributed by atoms with Crippen molar-refractivity contribution >= 4 is 11.0 Å². The Morgan fingerprint density at radius 3 is 2.80 bits per heavy atom. The van der Waals surface area contributed by atoms with E-state index >= 15 is 0 Å². The van der Waals surface area contributed by atoms with Crippen molar-refractivity contribution < 1.29 is 9.15 Å². The Balaban J connectivity index is 2.35. The summed E-state index contributed by atoms with van der Waals surface area (Å²) in [4.78, 5) is 0. The Kier molecular flexibility index (Phi) is 5.62. The molecule has 1 N–H and O–H groups in total. The molecule has 0 unspecified atom stereocenters. The summed E-state index contributed by atoms with van der Waals surface area (Å²) >= 11 is 0. The first-order chi connectivity index (χ1) is 9.80. The van der Waals surface area contributed by atoms with Crippen LogP contribution in [0.5, 0.6) is 0 Å². The SMILES string of the molecule is CCCCc1ccc2oc(CNCC)c(COC)c2c1. The predicted molar refractivity (Wildman–Crippen MR) is 82.9 cm³/mol. The predicted octanol–water partition coefficient (Wildman–Crippen LogP) is 4.03. The van der Waals surface area contributed by atoms with Gasteiger partial charge in [0.15, 0.2) is 0 Å². The summed E-state index contributed by atoms with van der Waals surface area (Å²) in [6, 6.07) is 6.53. The van der Waals surface area contributed by atoms with Crippen molar-refractivity contribution in [3.05, 3.63) is 35.1 Å². The molecule has 3 heteroatoms. The van der Waals surface area contributed by atoms with Crippen LogP contribution >= 0.6 is 0 Å². The van der Waals surface area contributed by atoms with E-state index in [9.17, 15) is 0 Å². The van der Waals surface area contributed by atoms with Crippen LogP contribution in [0.3, 0.4) is 0 Å². The van der Waals surface area contributed by atoms with E-state index in [-0.39, 0.29) is 0 Å². The van der Waals surface area contributed by atoms with Gasteiger partial charge in [-0.25, -0.2) is 0 Å². The van der Waals surface area contributed by atoms with Gasteiger partial charge in [-0.05, 0) is 37.1 Å². The molecule has 1 heterocycles.